The molecular weight excluding hydrogens is 409 g/mol. The third-order valence-electron chi connectivity index (χ3n) is 6.01. The monoisotopic (exact) mass is 435 g/mol. The fourth-order valence-electron chi connectivity index (χ4n) is 4.32. The summed E-state index contributed by atoms with van der Waals surface area (Å²) < 4.78 is 19.1. The van der Waals surface area contributed by atoms with Crippen LogP contribution in [0.5, 0.6) is 0 Å². The van der Waals surface area contributed by atoms with Crippen LogP contribution in [-0.2, 0) is 21.4 Å². The SMILES string of the molecule is Cc1nc(C[C@H](NC(=O)C2(c3ccccc3)CCOCC2)c2ccc(F)cc2)cc(=O)[nH]1. The molecule has 166 valence electrons. The molecule has 6 nitrogen and oxygen atoms in total. The number of aromatic nitrogens is 2. The van der Waals surface area contributed by atoms with E-state index in [9.17, 15) is 14.0 Å². The van der Waals surface area contributed by atoms with E-state index in [1.165, 1.54) is 18.2 Å². The average molecular weight is 435 g/mol. The first-order valence-electron chi connectivity index (χ1n) is 10.7. The van der Waals surface area contributed by atoms with Gasteiger partial charge in [-0.05, 0) is 43.0 Å². The van der Waals surface area contributed by atoms with Crippen LogP contribution >= 0.6 is 0 Å². The van der Waals surface area contributed by atoms with Crippen LogP contribution in [-0.4, -0.2) is 29.1 Å². The summed E-state index contributed by atoms with van der Waals surface area (Å²) in [6.07, 6.45) is 1.45. The van der Waals surface area contributed by atoms with Crippen molar-refractivity contribution in [3.05, 3.63) is 99.5 Å². The van der Waals surface area contributed by atoms with Crippen molar-refractivity contribution in [3.8, 4) is 0 Å². The van der Waals surface area contributed by atoms with E-state index in [1.54, 1.807) is 19.1 Å². The number of amides is 1. The van der Waals surface area contributed by atoms with Gasteiger partial charge >= 0.3 is 0 Å². The first-order valence-corrected chi connectivity index (χ1v) is 10.7. The van der Waals surface area contributed by atoms with Gasteiger partial charge in [0.15, 0.2) is 0 Å². The molecule has 0 spiro atoms. The van der Waals surface area contributed by atoms with E-state index in [-0.39, 0.29) is 17.3 Å². The molecule has 1 aromatic heterocycles. The van der Waals surface area contributed by atoms with Crippen molar-refractivity contribution >= 4 is 5.91 Å². The Morgan fingerprint density at radius 3 is 2.50 bits per heavy atom. The third kappa shape index (κ3) is 4.78. The number of hydrogen-bond acceptors (Lipinski definition) is 4. The van der Waals surface area contributed by atoms with Crippen molar-refractivity contribution in [1.82, 2.24) is 15.3 Å². The maximum absolute atomic E-state index is 13.8. The molecule has 3 aromatic rings. The lowest BCUT2D eigenvalue weighted by Gasteiger charge is -2.37. The Morgan fingerprint density at radius 2 is 1.84 bits per heavy atom. The van der Waals surface area contributed by atoms with Crippen molar-refractivity contribution < 1.29 is 13.9 Å². The highest BCUT2D eigenvalue weighted by Gasteiger charge is 2.42. The Hall–Kier alpha value is -3.32. The van der Waals surface area contributed by atoms with Gasteiger partial charge in [0.25, 0.3) is 5.56 Å². The van der Waals surface area contributed by atoms with Gasteiger partial charge in [0.1, 0.15) is 11.6 Å². The number of benzene rings is 2. The molecule has 1 saturated heterocycles. The van der Waals surface area contributed by atoms with Crippen LogP contribution in [0.2, 0.25) is 0 Å². The number of carbonyl (C=O) groups is 1. The maximum atomic E-state index is 13.8. The van der Waals surface area contributed by atoms with Gasteiger partial charge in [0.05, 0.1) is 17.2 Å². The second-order valence-electron chi connectivity index (χ2n) is 8.16. The van der Waals surface area contributed by atoms with Crippen molar-refractivity contribution in [1.29, 1.82) is 0 Å². The van der Waals surface area contributed by atoms with Gasteiger partial charge in [-0.3, -0.25) is 9.59 Å². The van der Waals surface area contributed by atoms with Crippen molar-refractivity contribution in [2.24, 2.45) is 0 Å². The first-order chi connectivity index (χ1) is 15.5. The number of carbonyl (C=O) groups excluding carboxylic acids is 1. The van der Waals surface area contributed by atoms with Crippen molar-refractivity contribution in [2.45, 2.75) is 37.6 Å². The van der Waals surface area contributed by atoms with Crippen LogP contribution < -0.4 is 10.9 Å². The molecular formula is C25H26FN3O3. The van der Waals surface area contributed by atoms with Gasteiger partial charge in [0.2, 0.25) is 5.91 Å². The lowest BCUT2D eigenvalue weighted by atomic mass is 9.73. The zero-order valence-corrected chi connectivity index (χ0v) is 17.9. The van der Waals surface area contributed by atoms with Crippen LogP contribution in [0.1, 0.15) is 41.5 Å². The molecule has 0 radical (unpaired) electrons. The van der Waals surface area contributed by atoms with E-state index in [0.717, 1.165) is 11.1 Å². The Balaban J connectivity index is 1.68. The van der Waals surface area contributed by atoms with Crippen LogP contribution in [0, 0.1) is 12.7 Å². The summed E-state index contributed by atoms with van der Waals surface area (Å²) in [6, 6.07) is 16.7. The Morgan fingerprint density at radius 1 is 1.16 bits per heavy atom. The molecule has 0 bridgehead atoms. The fraction of sp³-hybridized carbons (Fsp3) is 0.320. The summed E-state index contributed by atoms with van der Waals surface area (Å²) in [6.45, 7) is 2.71. The summed E-state index contributed by atoms with van der Waals surface area (Å²) >= 11 is 0. The minimum absolute atomic E-state index is 0.108. The zero-order chi connectivity index (χ0) is 22.6. The number of hydrogen-bond donors (Lipinski definition) is 2. The van der Waals surface area contributed by atoms with Crippen LogP contribution in [0.3, 0.4) is 0 Å². The molecule has 1 amide bonds. The van der Waals surface area contributed by atoms with Crippen LogP contribution in [0.4, 0.5) is 4.39 Å². The summed E-state index contributed by atoms with van der Waals surface area (Å²) in [5.74, 6) is 0.0406. The second-order valence-corrected chi connectivity index (χ2v) is 8.16. The lowest BCUT2D eigenvalue weighted by Crippen LogP contribution is -2.49. The van der Waals surface area contributed by atoms with E-state index in [0.29, 0.717) is 44.0 Å². The molecule has 0 aliphatic carbocycles. The van der Waals surface area contributed by atoms with E-state index in [4.69, 9.17) is 4.74 Å². The Labute approximate surface area is 185 Å². The molecule has 2 aromatic carbocycles. The van der Waals surface area contributed by atoms with E-state index in [1.807, 2.05) is 30.3 Å². The number of aryl methyl sites for hydroxylation is 1. The molecule has 2 heterocycles. The molecule has 1 atom stereocenters. The molecule has 1 aliphatic heterocycles. The second kappa shape index (κ2) is 9.44. The summed E-state index contributed by atoms with van der Waals surface area (Å²) in [5, 5.41) is 3.18. The normalized spacial score (nSPS) is 16.3. The Bertz CT molecular complexity index is 1120. The van der Waals surface area contributed by atoms with E-state index in [2.05, 4.69) is 15.3 Å². The Kier molecular flexibility index (Phi) is 6.46. The van der Waals surface area contributed by atoms with Gasteiger partial charge < -0.3 is 15.0 Å². The van der Waals surface area contributed by atoms with Crippen LogP contribution in [0.15, 0.2) is 65.5 Å². The number of ether oxygens (including phenoxy) is 1. The topological polar surface area (TPSA) is 84.1 Å². The molecule has 0 unspecified atom stereocenters. The van der Waals surface area contributed by atoms with Crippen LogP contribution in [0.25, 0.3) is 0 Å². The van der Waals surface area contributed by atoms with Gasteiger partial charge in [-0.15, -0.1) is 0 Å². The first kappa shape index (κ1) is 21.9. The molecule has 32 heavy (non-hydrogen) atoms. The third-order valence-corrected chi connectivity index (χ3v) is 6.01. The van der Waals surface area contributed by atoms with Crippen molar-refractivity contribution in [3.63, 3.8) is 0 Å². The summed E-state index contributed by atoms with van der Waals surface area (Å²) in [7, 11) is 0. The minimum atomic E-state index is -0.713. The maximum Gasteiger partial charge on any atom is 0.251 e. The largest absolute Gasteiger partial charge is 0.381 e. The zero-order valence-electron chi connectivity index (χ0n) is 17.9. The number of H-pyrrole nitrogens is 1. The number of nitrogens with one attached hydrogen (secondary N) is 2. The lowest BCUT2D eigenvalue weighted by molar-refractivity contribution is -0.131. The summed E-state index contributed by atoms with van der Waals surface area (Å²) in [5.41, 5.74) is 1.29. The predicted octanol–water partition coefficient (Wildman–Crippen LogP) is 3.37. The van der Waals surface area contributed by atoms with Gasteiger partial charge in [-0.25, -0.2) is 9.37 Å². The van der Waals surface area contributed by atoms with Gasteiger partial charge in [-0.1, -0.05) is 42.5 Å². The number of rotatable bonds is 6. The minimum Gasteiger partial charge on any atom is -0.381 e. The fourth-order valence-corrected chi connectivity index (χ4v) is 4.32. The van der Waals surface area contributed by atoms with Crippen molar-refractivity contribution in [2.75, 3.05) is 13.2 Å². The van der Waals surface area contributed by atoms with E-state index < -0.39 is 11.5 Å². The average Bonchev–Trinajstić information content (AvgIpc) is 2.79. The van der Waals surface area contributed by atoms with E-state index >= 15 is 0 Å². The highest BCUT2D eigenvalue weighted by Crippen LogP contribution is 2.36. The smallest absolute Gasteiger partial charge is 0.251 e. The number of aromatic amines is 1. The van der Waals surface area contributed by atoms with Gasteiger partial charge in [0, 0.05) is 25.7 Å². The quantitative estimate of drug-likeness (QED) is 0.622. The molecule has 1 aliphatic rings. The highest BCUT2D eigenvalue weighted by molar-refractivity contribution is 5.88. The summed E-state index contributed by atoms with van der Waals surface area (Å²) in [4.78, 5) is 32.7. The molecule has 2 N–H and O–H groups in total. The number of halogens is 1. The highest BCUT2D eigenvalue weighted by atomic mass is 19.1. The number of nitrogens with zero attached hydrogens (tertiary/aromatic N) is 1. The molecule has 4 rings (SSSR count). The molecule has 7 heteroatoms. The molecule has 1 fully saturated rings. The van der Waals surface area contributed by atoms with Gasteiger partial charge in [-0.2, -0.15) is 0 Å². The standard InChI is InChI=1S/C25H26FN3O3/c1-17-27-21(16-23(30)28-17)15-22(18-7-9-20(26)10-8-18)29-24(31)25(11-13-32-14-12-25)19-5-3-2-4-6-19/h2-10,16,22H,11-15H2,1H3,(H,29,31)(H,27,28,30)/t22-/m0/s1. The molecule has 0 saturated carbocycles. The predicted molar refractivity (Wildman–Crippen MR) is 119 cm³/mol.